The Hall–Kier alpha value is -1.50. The summed E-state index contributed by atoms with van der Waals surface area (Å²) in [7, 11) is 2.10. The molecule has 0 spiro atoms. The molecule has 1 rings (SSSR count). The molecular weight excluding hydrogens is 218 g/mol. The summed E-state index contributed by atoms with van der Waals surface area (Å²) in [4.78, 5) is 2.23. The Balaban J connectivity index is 3.28. The van der Waals surface area contributed by atoms with Gasteiger partial charge in [0.2, 0.25) is 0 Å². The summed E-state index contributed by atoms with van der Waals surface area (Å²) in [5.41, 5.74) is 5.80. The van der Waals surface area contributed by atoms with Crippen LogP contribution in [0.2, 0.25) is 0 Å². The summed E-state index contributed by atoms with van der Waals surface area (Å²) in [6, 6.07) is 0. The molecule has 0 bridgehead atoms. The zero-order valence-corrected chi connectivity index (χ0v) is 12.2. The average molecular weight is 243 g/mol. The van der Waals surface area contributed by atoms with Crippen LogP contribution in [0.15, 0.2) is 59.9 Å². The third-order valence-corrected chi connectivity index (χ3v) is 3.46. The Labute approximate surface area is 112 Å². The van der Waals surface area contributed by atoms with Crippen LogP contribution in [-0.2, 0) is 0 Å². The molecule has 1 heterocycles. The molecule has 1 unspecified atom stereocenters. The van der Waals surface area contributed by atoms with Gasteiger partial charge in [0.05, 0.1) is 0 Å². The SMILES string of the molecule is C=C(C)C1=CCCN(C)C(=C)C(C)C=C1C(=C)C. The van der Waals surface area contributed by atoms with E-state index < -0.39 is 0 Å². The molecule has 0 aromatic carbocycles. The summed E-state index contributed by atoms with van der Waals surface area (Å²) in [6.07, 6.45) is 5.53. The maximum absolute atomic E-state index is 4.19. The second-order valence-corrected chi connectivity index (χ2v) is 5.25. The highest BCUT2D eigenvalue weighted by molar-refractivity contribution is 5.54. The third-order valence-electron chi connectivity index (χ3n) is 3.46. The molecule has 0 radical (unpaired) electrons. The van der Waals surface area contributed by atoms with E-state index in [1.54, 1.807) is 0 Å². The quantitative estimate of drug-likeness (QED) is 0.691. The minimum absolute atomic E-state index is 0.322. The van der Waals surface area contributed by atoms with Crippen LogP contribution in [0.1, 0.15) is 27.2 Å². The van der Waals surface area contributed by atoms with Gasteiger partial charge in [-0.05, 0) is 31.4 Å². The van der Waals surface area contributed by atoms with Crippen molar-refractivity contribution in [1.29, 1.82) is 0 Å². The lowest BCUT2D eigenvalue weighted by Gasteiger charge is -2.24. The topological polar surface area (TPSA) is 3.24 Å². The second-order valence-electron chi connectivity index (χ2n) is 5.25. The number of hydrogen-bond donors (Lipinski definition) is 0. The van der Waals surface area contributed by atoms with E-state index in [-0.39, 0.29) is 0 Å². The van der Waals surface area contributed by atoms with E-state index in [1.807, 2.05) is 0 Å². The van der Waals surface area contributed by atoms with Crippen molar-refractivity contribution in [3.05, 3.63) is 59.9 Å². The Morgan fingerprint density at radius 1 is 1.22 bits per heavy atom. The van der Waals surface area contributed by atoms with E-state index in [2.05, 4.69) is 64.6 Å². The number of nitrogens with zero attached hydrogens (tertiary/aromatic N) is 1. The highest BCUT2D eigenvalue weighted by Gasteiger charge is 2.15. The Morgan fingerprint density at radius 3 is 2.28 bits per heavy atom. The summed E-state index contributed by atoms with van der Waals surface area (Å²) < 4.78 is 0. The lowest BCUT2D eigenvalue weighted by molar-refractivity contribution is 0.394. The van der Waals surface area contributed by atoms with Gasteiger partial charge in [0, 0.05) is 25.2 Å². The minimum atomic E-state index is 0.322. The first-order valence-corrected chi connectivity index (χ1v) is 6.48. The summed E-state index contributed by atoms with van der Waals surface area (Å²) in [5, 5.41) is 0. The van der Waals surface area contributed by atoms with E-state index in [9.17, 15) is 0 Å². The van der Waals surface area contributed by atoms with E-state index in [4.69, 9.17) is 0 Å². The zero-order chi connectivity index (χ0) is 13.9. The standard InChI is InChI=1S/C17H25N/c1-12(2)16-9-8-10-18(7)15(6)14(5)11-17(16)13(3)4/h9,11,14H,1,3,6,8,10H2,2,4-5,7H3. The predicted octanol–water partition coefficient (Wildman–Crippen LogP) is 4.48. The maximum atomic E-state index is 4.19. The summed E-state index contributed by atoms with van der Waals surface area (Å²) in [5.74, 6) is 0.322. The fourth-order valence-electron chi connectivity index (χ4n) is 2.22. The fourth-order valence-corrected chi connectivity index (χ4v) is 2.22. The molecular formula is C17H25N. The Morgan fingerprint density at radius 2 is 1.78 bits per heavy atom. The molecule has 1 heteroatoms. The van der Waals surface area contributed by atoms with Crippen LogP contribution < -0.4 is 0 Å². The largest absolute Gasteiger partial charge is 0.378 e. The molecule has 0 aliphatic carbocycles. The molecule has 0 fully saturated rings. The van der Waals surface area contributed by atoms with Crippen molar-refractivity contribution in [2.24, 2.45) is 5.92 Å². The molecule has 0 saturated carbocycles. The monoisotopic (exact) mass is 243 g/mol. The van der Waals surface area contributed by atoms with Crippen molar-refractivity contribution in [3.63, 3.8) is 0 Å². The normalized spacial score (nSPS) is 21.4. The molecule has 0 amide bonds. The first-order valence-electron chi connectivity index (χ1n) is 6.48. The Kier molecular flexibility index (Phi) is 4.77. The van der Waals surface area contributed by atoms with Crippen molar-refractivity contribution in [2.75, 3.05) is 13.6 Å². The van der Waals surface area contributed by atoms with Crippen molar-refractivity contribution in [2.45, 2.75) is 27.2 Å². The van der Waals surface area contributed by atoms with Crippen LogP contribution in [0.3, 0.4) is 0 Å². The van der Waals surface area contributed by atoms with Crippen molar-refractivity contribution in [3.8, 4) is 0 Å². The predicted molar refractivity (Wildman–Crippen MR) is 81.3 cm³/mol. The lowest BCUT2D eigenvalue weighted by atomic mass is 9.91. The first-order chi connectivity index (χ1) is 8.34. The van der Waals surface area contributed by atoms with Gasteiger partial charge in [-0.1, -0.05) is 50.0 Å². The second kappa shape index (κ2) is 5.90. The number of hydrogen-bond acceptors (Lipinski definition) is 1. The summed E-state index contributed by atoms with van der Waals surface area (Å²) >= 11 is 0. The van der Waals surface area contributed by atoms with Crippen molar-refractivity contribution < 1.29 is 0 Å². The van der Waals surface area contributed by atoms with Gasteiger partial charge >= 0.3 is 0 Å². The van der Waals surface area contributed by atoms with Gasteiger partial charge in [0.25, 0.3) is 0 Å². The van der Waals surface area contributed by atoms with Crippen LogP contribution in [0.5, 0.6) is 0 Å². The van der Waals surface area contributed by atoms with Crippen LogP contribution in [-0.4, -0.2) is 18.5 Å². The molecule has 1 nitrogen and oxygen atoms in total. The molecule has 1 aliphatic heterocycles. The van der Waals surface area contributed by atoms with Crippen LogP contribution in [0.25, 0.3) is 0 Å². The zero-order valence-electron chi connectivity index (χ0n) is 12.2. The average Bonchev–Trinajstić information content (AvgIpc) is 2.33. The van der Waals surface area contributed by atoms with E-state index in [0.717, 1.165) is 29.8 Å². The van der Waals surface area contributed by atoms with Gasteiger partial charge in [-0.2, -0.15) is 0 Å². The molecule has 18 heavy (non-hydrogen) atoms. The van der Waals surface area contributed by atoms with Crippen LogP contribution in [0.4, 0.5) is 0 Å². The molecule has 0 saturated heterocycles. The third kappa shape index (κ3) is 3.25. The van der Waals surface area contributed by atoms with Crippen LogP contribution in [0, 0.1) is 5.92 Å². The van der Waals surface area contributed by atoms with Gasteiger partial charge in [-0.25, -0.2) is 0 Å². The maximum Gasteiger partial charge on any atom is 0.0206 e. The fraction of sp³-hybridized carbons (Fsp3) is 0.412. The van der Waals surface area contributed by atoms with Gasteiger partial charge < -0.3 is 4.90 Å². The van der Waals surface area contributed by atoms with Gasteiger partial charge in [-0.15, -0.1) is 0 Å². The molecule has 98 valence electrons. The van der Waals surface area contributed by atoms with E-state index in [0.29, 0.717) is 5.92 Å². The molecule has 0 aromatic heterocycles. The number of allylic oxidation sites excluding steroid dienone is 5. The molecule has 1 atom stereocenters. The Bertz CT molecular complexity index is 435. The van der Waals surface area contributed by atoms with Gasteiger partial charge in [0.15, 0.2) is 0 Å². The van der Waals surface area contributed by atoms with Crippen molar-refractivity contribution >= 4 is 0 Å². The number of rotatable bonds is 2. The minimum Gasteiger partial charge on any atom is -0.378 e. The molecule has 0 N–H and O–H groups in total. The first kappa shape index (κ1) is 14.6. The van der Waals surface area contributed by atoms with E-state index >= 15 is 0 Å². The smallest absolute Gasteiger partial charge is 0.0206 e. The van der Waals surface area contributed by atoms with Gasteiger partial charge in [-0.3, -0.25) is 0 Å². The van der Waals surface area contributed by atoms with E-state index in [1.165, 1.54) is 11.1 Å². The van der Waals surface area contributed by atoms with Gasteiger partial charge in [0.1, 0.15) is 0 Å². The lowest BCUT2D eigenvalue weighted by Crippen LogP contribution is -2.21. The highest BCUT2D eigenvalue weighted by atomic mass is 15.1. The van der Waals surface area contributed by atoms with Crippen molar-refractivity contribution in [1.82, 2.24) is 4.90 Å². The van der Waals surface area contributed by atoms with Crippen LogP contribution >= 0.6 is 0 Å². The highest BCUT2D eigenvalue weighted by Crippen LogP contribution is 2.29. The molecule has 1 aliphatic rings. The summed E-state index contributed by atoms with van der Waals surface area (Å²) in [6.45, 7) is 19.7. The molecule has 0 aromatic rings.